The van der Waals surface area contributed by atoms with Gasteiger partial charge in [0.05, 0.1) is 12.7 Å². The second kappa shape index (κ2) is 6.50. The highest BCUT2D eigenvalue weighted by Crippen LogP contribution is 2.34. The molecule has 0 radical (unpaired) electrons. The van der Waals surface area contributed by atoms with Gasteiger partial charge in [0.2, 0.25) is 0 Å². The average Bonchev–Trinajstić information content (AvgIpc) is 2.38. The first-order valence-electron chi connectivity index (χ1n) is 5.48. The number of halogens is 3. The molecular weight excluding hydrogens is 272 g/mol. The van der Waals surface area contributed by atoms with Crippen molar-refractivity contribution < 1.29 is 13.5 Å². The van der Waals surface area contributed by atoms with Gasteiger partial charge in [-0.15, -0.1) is 12.4 Å². The van der Waals surface area contributed by atoms with Gasteiger partial charge in [-0.25, -0.2) is 8.78 Å². The normalized spacial score (nSPS) is 9.89. The predicted octanol–water partition coefficient (Wildman–Crippen LogP) is 3.52. The van der Waals surface area contributed by atoms with Gasteiger partial charge in [-0.2, -0.15) is 0 Å². The van der Waals surface area contributed by atoms with Gasteiger partial charge in [-0.1, -0.05) is 12.1 Å². The van der Waals surface area contributed by atoms with E-state index in [9.17, 15) is 8.78 Å². The summed E-state index contributed by atoms with van der Waals surface area (Å²) in [4.78, 5) is 0. The van der Waals surface area contributed by atoms with Crippen LogP contribution < -0.4 is 10.5 Å². The molecule has 2 aromatic carbocycles. The van der Waals surface area contributed by atoms with Crippen molar-refractivity contribution in [3.63, 3.8) is 0 Å². The summed E-state index contributed by atoms with van der Waals surface area (Å²) < 4.78 is 32.7. The Kier molecular flexibility index (Phi) is 5.27. The fourth-order valence-corrected chi connectivity index (χ4v) is 1.83. The summed E-state index contributed by atoms with van der Waals surface area (Å²) in [6.45, 7) is 0.299. The minimum atomic E-state index is -0.623. The molecule has 0 aliphatic heterocycles. The first-order chi connectivity index (χ1) is 8.67. The minimum Gasteiger partial charge on any atom is -0.496 e. The van der Waals surface area contributed by atoms with E-state index >= 15 is 0 Å². The smallest absolute Gasteiger partial charge is 0.134 e. The zero-order valence-electron chi connectivity index (χ0n) is 10.3. The molecule has 0 fully saturated rings. The van der Waals surface area contributed by atoms with Gasteiger partial charge in [0.25, 0.3) is 0 Å². The maximum absolute atomic E-state index is 13.8. The quantitative estimate of drug-likeness (QED) is 0.936. The molecule has 0 aliphatic rings. The lowest BCUT2D eigenvalue weighted by atomic mass is 10.0. The van der Waals surface area contributed by atoms with Gasteiger partial charge in [-0.05, 0) is 29.8 Å². The third-order valence-electron chi connectivity index (χ3n) is 2.73. The summed E-state index contributed by atoms with van der Waals surface area (Å²) in [5.74, 6) is -0.832. The van der Waals surface area contributed by atoms with Crippen molar-refractivity contribution in [1.29, 1.82) is 0 Å². The molecule has 102 valence electrons. The molecule has 0 unspecified atom stereocenters. The fraction of sp³-hybridized carbons (Fsp3) is 0.143. The van der Waals surface area contributed by atoms with Gasteiger partial charge < -0.3 is 10.5 Å². The van der Waals surface area contributed by atoms with Gasteiger partial charge in [-0.3, -0.25) is 0 Å². The number of nitrogens with two attached hydrogens (primary N) is 1. The van der Waals surface area contributed by atoms with Crippen LogP contribution in [-0.2, 0) is 6.54 Å². The molecule has 0 bridgehead atoms. The van der Waals surface area contributed by atoms with E-state index in [-0.39, 0.29) is 18.0 Å². The van der Waals surface area contributed by atoms with E-state index in [0.717, 1.165) is 5.56 Å². The van der Waals surface area contributed by atoms with E-state index in [2.05, 4.69) is 0 Å². The zero-order valence-corrected chi connectivity index (χ0v) is 11.1. The van der Waals surface area contributed by atoms with Crippen LogP contribution in [0, 0.1) is 11.6 Å². The van der Waals surface area contributed by atoms with Crippen molar-refractivity contribution in [2.45, 2.75) is 6.54 Å². The van der Waals surface area contributed by atoms with Crippen LogP contribution in [0.2, 0.25) is 0 Å². The summed E-state index contributed by atoms with van der Waals surface area (Å²) in [5, 5.41) is 0. The number of rotatable bonds is 3. The average molecular weight is 286 g/mol. The van der Waals surface area contributed by atoms with Gasteiger partial charge in [0, 0.05) is 12.1 Å². The summed E-state index contributed by atoms with van der Waals surface area (Å²) in [7, 11) is 1.46. The van der Waals surface area contributed by atoms with Crippen molar-refractivity contribution in [2.75, 3.05) is 7.11 Å². The molecule has 0 heterocycles. The lowest BCUT2D eigenvalue weighted by molar-refractivity contribution is 0.415. The van der Waals surface area contributed by atoms with E-state index < -0.39 is 11.6 Å². The predicted molar refractivity (Wildman–Crippen MR) is 73.5 cm³/mol. The summed E-state index contributed by atoms with van der Waals surface area (Å²) >= 11 is 0. The number of methoxy groups -OCH3 is 1. The second-order valence-corrected chi connectivity index (χ2v) is 3.84. The molecule has 0 aromatic heterocycles. The topological polar surface area (TPSA) is 35.2 Å². The third kappa shape index (κ3) is 3.03. The molecule has 2 N–H and O–H groups in total. The SMILES string of the molecule is COc1ccc(CN)cc1-c1c(F)cccc1F.Cl. The first kappa shape index (κ1) is 15.4. The number of benzene rings is 2. The molecular formula is C14H14ClF2NO. The largest absolute Gasteiger partial charge is 0.496 e. The molecule has 19 heavy (non-hydrogen) atoms. The Hall–Kier alpha value is -1.65. The van der Waals surface area contributed by atoms with Crippen molar-refractivity contribution in [1.82, 2.24) is 0 Å². The number of hydrogen-bond acceptors (Lipinski definition) is 2. The summed E-state index contributed by atoms with van der Waals surface area (Å²) in [6, 6.07) is 8.82. The van der Waals surface area contributed by atoms with Crippen LogP contribution >= 0.6 is 12.4 Å². The molecule has 0 saturated carbocycles. The van der Waals surface area contributed by atoms with E-state index in [1.54, 1.807) is 18.2 Å². The Balaban J connectivity index is 0.00000180. The maximum Gasteiger partial charge on any atom is 0.134 e. The van der Waals surface area contributed by atoms with E-state index in [4.69, 9.17) is 10.5 Å². The van der Waals surface area contributed by atoms with Gasteiger partial charge >= 0.3 is 0 Å². The lowest BCUT2D eigenvalue weighted by Gasteiger charge is -2.12. The standard InChI is InChI=1S/C14H13F2NO.ClH/c1-18-13-6-5-9(8-17)7-10(13)14-11(15)3-2-4-12(14)16;/h2-7H,8,17H2,1H3;1H. The monoisotopic (exact) mass is 285 g/mol. The highest BCUT2D eigenvalue weighted by molar-refractivity contribution is 5.85. The molecule has 2 aromatic rings. The summed E-state index contributed by atoms with van der Waals surface area (Å²) in [5.41, 5.74) is 6.60. The molecule has 0 amide bonds. The Morgan fingerprint density at radius 2 is 1.74 bits per heavy atom. The van der Waals surface area contributed by atoms with Crippen molar-refractivity contribution >= 4 is 12.4 Å². The fourth-order valence-electron chi connectivity index (χ4n) is 1.83. The summed E-state index contributed by atoms with van der Waals surface area (Å²) in [6.07, 6.45) is 0. The minimum absolute atomic E-state index is 0. The Morgan fingerprint density at radius 3 is 2.26 bits per heavy atom. The van der Waals surface area contributed by atoms with Crippen LogP contribution in [0.3, 0.4) is 0 Å². The number of ether oxygens (including phenoxy) is 1. The molecule has 2 nitrogen and oxygen atoms in total. The highest BCUT2D eigenvalue weighted by Gasteiger charge is 2.15. The molecule has 2 rings (SSSR count). The molecule has 5 heteroatoms. The molecule has 0 spiro atoms. The number of hydrogen-bond donors (Lipinski definition) is 1. The van der Waals surface area contributed by atoms with Crippen LogP contribution in [0.1, 0.15) is 5.56 Å². The molecule has 0 atom stereocenters. The highest BCUT2D eigenvalue weighted by atomic mass is 35.5. The van der Waals surface area contributed by atoms with Crippen molar-refractivity contribution in [3.8, 4) is 16.9 Å². The molecule has 0 aliphatic carbocycles. The zero-order chi connectivity index (χ0) is 13.1. The van der Waals surface area contributed by atoms with Crippen LogP contribution in [0.5, 0.6) is 5.75 Å². The van der Waals surface area contributed by atoms with Crippen LogP contribution in [0.15, 0.2) is 36.4 Å². The van der Waals surface area contributed by atoms with Crippen molar-refractivity contribution in [3.05, 3.63) is 53.6 Å². The first-order valence-corrected chi connectivity index (χ1v) is 5.48. The Labute approximate surface area is 116 Å². The molecule has 0 saturated heterocycles. The van der Waals surface area contributed by atoms with E-state index in [0.29, 0.717) is 17.9 Å². The Bertz CT molecular complexity index is 555. The van der Waals surface area contributed by atoms with E-state index in [1.165, 1.54) is 25.3 Å². The Morgan fingerprint density at radius 1 is 1.11 bits per heavy atom. The van der Waals surface area contributed by atoms with Crippen LogP contribution in [0.25, 0.3) is 11.1 Å². The van der Waals surface area contributed by atoms with Gasteiger partial charge in [0.15, 0.2) is 0 Å². The van der Waals surface area contributed by atoms with E-state index in [1.807, 2.05) is 0 Å². The van der Waals surface area contributed by atoms with Crippen molar-refractivity contribution in [2.24, 2.45) is 5.73 Å². The third-order valence-corrected chi connectivity index (χ3v) is 2.73. The lowest BCUT2D eigenvalue weighted by Crippen LogP contribution is -1.99. The van der Waals surface area contributed by atoms with Gasteiger partial charge in [0.1, 0.15) is 17.4 Å². The van der Waals surface area contributed by atoms with Crippen LogP contribution in [-0.4, -0.2) is 7.11 Å². The second-order valence-electron chi connectivity index (χ2n) is 3.84. The van der Waals surface area contributed by atoms with Crippen LogP contribution in [0.4, 0.5) is 8.78 Å². The maximum atomic E-state index is 13.8.